The van der Waals surface area contributed by atoms with Crippen molar-refractivity contribution in [3.05, 3.63) is 57.6 Å². The van der Waals surface area contributed by atoms with Crippen LogP contribution in [-0.4, -0.2) is 0 Å². The normalized spacial score (nSPS) is 10.4. The van der Waals surface area contributed by atoms with Crippen LogP contribution in [0.15, 0.2) is 33.0 Å². The molecule has 0 amide bonds. The third-order valence-electron chi connectivity index (χ3n) is 3.54. The van der Waals surface area contributed by atoms with Crippen molar-refractivity contribution in [1.82, 2.24) is 0 Å². The van der Waals surface area contributed by atoms with Crippen LogP contribution in [0.2, 0.25) is 0 Å². The second-order valence-corrected chi connectivity index (χ2v) is 6.29. The Morgan fingerprint density at radius 3 is 1.14 bits per heavy atom. The van der Waals surface area contributed by atoms with Gasteiger partial charge in [-0.1, -0.05) is 35.4 Å². The highest BCUT2D eigenvalue weighted by atomic mass is 32.1. The van der Waals surface area contributed by atoms with E-state index in [2.05, 4.69) is 74.5 Å². The molecule has 3 heteroatoms. The lowest BCUT2D eigenvalue weighted by molar-refractivity contribution is 1.29. The fraction of sp³-hybridized carbons (Fsp3) is 0.333. The van der Waals surface area contributed by atoms with E-state index in [1.54, 1.807) is 0 Å². The zero-order chi connectivity index (χ0) is 15.6. The predicted molar refractivity (Wildman–Crippen MR) is 92.8 cm³/mol. The summed E-state index contributed by atoms with van der Waals surface area (Å²) in [6, 6.07) is 8.65. The quantitative estimate of drug-likeness (QED) is 0.654. The first-order chi connectivity index (χ1) is 9.88. The van der Waals surface area contributed by atoms with Gasteiger partial charge in [0.2, 0.25) is 0 Å². The van der Waals surface area contributed by atoms with E-state index in [9.17, 15) is 0 Å². The highest BCUT2D eigenvalue weighted by Gasteiger charge is 2.03. The van der Waals surface area contributed by atoms with Gasteiger partial charge >= 0.3 is 0 Å². The van der Waals surface area contributed by atoms with Gasteiger partial charge in [0.25, 0.3) is 0 Å². The van der Waals surface area contributed by atoms with E-state index in [0.717, 1.165) is 11.4 Å². The third-order valence-corrected chi connectivity index (χ3v) is 4.06. The summed E-state index contributed by atoms with van der Waals surface area (Å²) < 4.78 is 9.19. The average Bonchev–Trinajstić information content (AvgIpc) is 2.34. The molecular formula is C18H22N2S. The monoisotopic (exact) mass is 298 g/mol. The molecule has 2 nitrogen and oxygen atoms in total. The van der Waals surface area contributed by atoms with Crippen molar-refractivity contribution in [3.63, 3.8) is 0 Å². The lowest BCUT2D eigenvalue weighted by Crippen LogP contribution is -1.83. The molecule has 0 fully saturated rings. The highest BCUT2D eigenvalue weighted by Crippen LogP contribution is 2.27. The Morgan fingerprint density at radius 2 is 0.857 bits per heavy atom. The maximum absolute atomic E-state index is 4.60. The maximum Gasteiger partial charge on any atom is 0.0834 e. The Hall–Kier alpha value is -1.74. The van der Waals surface area contributed by atoms with Crippen LogP contribution in [0, 0.1) is 41.5 Å². The minimum atomic E-state index is 1.04. The number of hydrogen-bond donors (Lipinski definition) is 0. The number of hydrogen-bond acceptors (Lipinski definition) is 2. The Balaban J connectivity index is 2.43. The van der Waals surface area contributed by atoms with Crippen molar-refractivity contribution in [2.45, 2.75) is 41.5 Å². The first-order valence-corrected chi connectivity index (χ1v) is 7.85. The van der Waals surface area contributed by atoms with Crippen molar-refractivity contribution in [1.29, 1.82) is 0 Å². The highest BCUT2D eigenvalue weighted by molar-refractivity contribution is 7.57. The lowest BCUT2D eigenvalue weighted by atomic mass is 10.1. The number of benzene rings is 2. The smallest absolute Gasteiger partial charge is 0.0834 e. The second-order valence-electron chi connectivity index (χ2n) is 5.76. The Kier molecular flexibility index (Phi) is 4.73. The van der Waals surface area contributed by atoms with E-state index in [0.29, 0.717) is 0 Å². The predicted octanol–water partition coefficient (Wildman–Crippen LogP) is 5.95. The molecule has 0 unspecified atom stereocenters. The summed E-state index contributed by atoms with van der Waals surface area (Å²) in [5.41, 5.74) is 9.43. The second kappa shape index (κ2) is 6.35. The van der Waals surface area contributed by atoms with Crippen LogP contribution in [-0.2, 0) is 11.4 Å². The summed E-state index contributed by atoms with van der Waals surface area (Å²) in [5.74, 6) is 0. The van der Waals surface area contributed by atoms with Gasteiger partial charge in [0.05, 0.1) is 22.7 Å². The first kappa shape index (κ1) is 15.6. The molecule has 0 aliphatic carbocycles. The summed E-state index contributed by atoms with van der Waals surface area (Å²) in [6.45, 7) is 12.6. The molecule has 2 aromatic rings. The lowest BCUT2D eigenvalue weighted by Gasteiger charge is -2.05. The van der Waals surface area contributed by atoms with Crippen LogP contribution in [0.5, 0.6) is 0 Å². The molecule has 110 valence electrons. The largest absolute Gasteiger partial charge is 0.175 e. The molecule has 0 saturated heterocycles. The van der Waals surface area contributed by atoms with Crippen LogP contribution in [0.3, 0.4) is 0 Å². The van der Waals surface area contributed by atoms with Gasteiger partial charge in [-0.25, -0.2) is 0 Å². The molecule has 0 spiro atoms. The Bertz CT molecular complexity index is 646. The standard InChI is InChI=1S/C18H22N2S/c1-11-7-13(3)17(14(4)8-11)19-21-20-18-15(5)9-12(2)10-16(18)6/h7-10H,1-6H3. The van der Waals surface area contributed by atoms with Crippen molar-refractivity contribution in [2.24, 2.45) is 8.73 Å². The van der Waals surface area contributed by atoms with Gasteiger partial charge in [-0.15, -0.1) is 0 Å². The van der Waals surface area contributed by atoms with E-state index in [1.807, 2.05) is 0 Å². The minimum Gasteiger partial charge on any atom is -0.175 e. The van der Waals surface area contributed by atoms with E-state index in [-0.39, 0.29) is 0 Å². The van der Waals surface area contributed by atoms with E-state index >= 15 is 0 Å². The summed E-state index contributed by atoms with van der Waals surface area (Å²) in [4.78, 5) is 0. The number of aryl methyl sites for hydroxylation is 6. The zero-order valence-electron chi connectivity index (χ0n) is 13.6. The average molecular weight is 298 g/mol. The Morgan fingerprint density at radius 1 is 0.571 bits per heavy atom. The van der Waals surface area contributed by atoms with Crippen molar-refractivity contribution < 1.29 is 0 Å². The number of nitrogens with zero attached hydrogens (tertiary/aromatic N) is 2. The first-order valence-electron chi connectivity index (χ1n) is 7.12. The molecule has 0 aliphatic heterocycles. The summed E-state index contributed by atoms with van der Waals surface area (Å²) in [7, 11) is 0. The molecule has 0 bridgehead atoms. The van der Waals surface area contributed by atoms with E-state index in [1.165, 1.54) is 44.7 Å². The molecule has 0 saturated carbocycles. The van der Waals surface area contributed by atoms with Gasteiger partial charge in [-0.2, -0.15) is 8.73 Å². The SMILES string of the molecule is Cc1cc(C)c(N=S=Nc2c(C)cc(C)cc2C)c(C)c1. The third kappa shape index (κ3) is 3.67. The number of rotatable bonds is 2. The van der Waals surface area contributed by atoms with Gasteiger partial charge in [0.1, 0.15) is 0 Å². The fourth-order valence-corrected chi connectivity index (χ4v) is 3.51. The van der Waals surface area contributed by atoms with Gasteiger partial charge in [-0.3, -0.25) is 0 Å². The molecule has 0 aromatic heterocycles. The van der Waals surface area contributed by atoms with Gasteiger partial charge in [0, 0.05) is 0 Å². The molecule has 0 aliphatic rings. The zero-order valence-corrected chi connectivity index (χ0v) is 14.4. The van der Waals surface area contributed by atoms with Gasteiger partial charge < -0.3 is 0 Å². The molecular weight excluding hydrogens is 276 g/mol. The molecule has 2 aromatic carbocycles. The molecule has 21 heavy (non-hydrogen) atoms. The summed E-state index contributed by atoms with van der Waals surface area (Å²) in [5, 5.41) is 0. The van der Waals surface area contributed by atoms with Crippen molar-refractivity contribution >= 4 is 22.7 Å². The van der Waals surface area contributed by atoms with E-state index < -0.39 is 0 Å². The van der Waals surface area contributed by atoms with Crippen LogP contribution in [0.4, 0.5) is 11.4 Å². The molecule has 0 atom stereocenters. The fourth-order valence-electron chi connectivity index (χ4n) is 2.73. The van der Waals surface area contributed by atoms with E-state index in [4.69, 9.17) is 0 Å². The Labute approximate surface area is 131 Å². The van der Waals surface area contributed by atoms with Crippen molar-refractivity contribution in [2.75, 3.05) is 0 Å². The van der Waals surface area contributed by atoms with Crippen LogP contribution in [0.1, 0.15) is 33.4 Å². The molecule has 0 heterocycles. The molecule has 0 radical (unpaired) electrons. The molecule has 2 rings (SSSR count). The maximum atomic E-state index is 4.60. The van der Waals surface area contributed by atoms with Crippen molar-refractivity contribution in [3.8, 4) is 0 Å². The minimum absolute atomic E-state index is 1.04. The summed E-state index contributed by atoms with van der Waals surface area (Å²) in [6.07, 6.45) is 0. The topological polar surface area (TPSA) is 24.7 Å². The van der Waals surface area contributed by atoms with Crippen LogP contribution < -0.4 is 0 Å². The summed E-state index contributed by atoms with van der Waals surface area (Å²) >= 11 is 1.28. The van der Waals surface area contributed by atoms with Crippen LogP contribution >= 0.6 is 0 Å². The van der Waals surface area contributed by atoms with Gasteiger partial charge in [0.15, 0.2) is 0 Å². The van der Waals surface area contributed by atoms with Gasteiger partial charge in [-0.05, 0) is 63.8 Å². The van der Waals surface area contributed by atoms with Crippen LogP contribution in [0.25, 0.3) is 0 Å². The molecule has 0 N–H and O–H groups in total.